The second kappa shape index (κ2) is 7.12. The zero-order chi connectivity index (χ0) is 11.1. The lowest BCUT2D eigenvalue weighted by molar-refractivity contribution is -0.122. The van der Waals surface area contributed by atoms with Crippen LogP contribution in [0.15, 0.2) is 0 Å². The van der Waals surface area contributed by atoms with Crippen molar-refractivity contribution in [3.63, 3.8) is 0 Å². The third kappa shape index (κ3) is 5.42. The van der Waals surface area contributed by atoms with E-state index >= 15 is 0 Å². The van der Waals surface area contributed by atoms with Gasteiger partial charge in [0, 0.05) is 13.0 Å². The molecule has 2 atom stereocenters. The topological polar surface area (TPSA) is 41.1 Å². The van der Waals surface area contributed by atoms with Crippen LogP contribution in [0.3, 0.4) is 0 Å². The minimum absolute atomic E-state index is 0.219. The molecule has 0 aliphatic carbocycles. The summed E-state index contributed by atoms with van der Waals surface area (Å²) in [6, 6.07) is 0. The van der Waals surface area contributed by atoms with E-state index in [2.05, 4.69) is 23.8 Å². The third-order valence-corrected chi connectivity index (χ3v) is 3.64. The van der Waals surface area contributed by atoms with E-state index in [1.807, 2.05) is 11.8 Å². The molecule has 0 aromatic carbocycles. The maximum absolute atomic E-state index is 11.6. The minimum Gasteiger partial charge on any atom is -0.356 e. The van der Waals surface area contributed by atoms with E-state index in [0.29, 0.717) is 18.3 Å². The van der Waals surface area contributed by atoms with Gasteiger partial charge in [-0.05, 0) is 43.4 Å². The second-order valence-electron chi connectivity index (χ2n) is 4.43. The van der Waals surface area contributed by atoms with E-state index in [4.69, 9.17) is 0 Å². The monoisotopic (exact) mass is 230 g/mol. The van der Waals surface area contributed by atoms with Crippen molar-refractivity contribution in [1.82, 2.24) is 10.6 Å². The fourth-order valence-corrected chi connectivity index (χ4v) is 2.54. The zero-order valence-corrected chi connectivity index (χ0v) is 10.5. The predicted octanol–water partition coefficient (Wildman–Crippen LogP) is 1.10. The van der Waals surface area contributed by atoms with E-state index in [9.17, 15) is 4.79 Å². The average Bonchev–Trinajstić information content (AvgIpc) is 2.68. The van der Waals surface area contributed by atoms with Crippen LogP contribution < -0.4 is 10.6 Å². The lowest BCUT2D eigenvalue weighted by Gasteiger charge is -2.12. The van der Waals surface area contributed by atoms with Crippen LogP contribution in [0, 0.1) is 11.8 Å². The number of nitrogens with one attached hydrogen (secondary N) is 2. The van der Waals surface area contributed by atoms with E-state index in [1.54, 1.807) is 0 Å². The standard InChI is InChI=1S/C11H22N2OS/c1-9(8-15-2)6-13-11(14)5-10-3-4-12-7-10/h9-10,12H,3-8H2,1-2H3,(H,13,14). The van der Waals surface area contributed by atoms with Gasteiger partial charge in [0.25, 0.3) is 0 Å². The molecule has 2 unspecified atom stereocenters. The average molecular weight is 230 g/mol. The highest BCUT2D eigenvalue weighted by atomic mass is 32.2. The molecule has 0 saturated carbocycles. The summed E-state index contributed by atoms with van der Waals surface area (Å²) < 4.78 is 0. The van der Waals surface area contributed by atoms with Crippen LogP contribution in [0.25, 0.3) is 0 Å². The van der Waals surface area contributed by atoms with Crippen molar-refractivity contribution in [1.29, 1.82) is 0 Å². The Bertz CT molecular complexity index is 193. The van der Waals surface area contributed by atoms with Crippen molar-refractivity contribution in [3.8, 4) is 0 Å². The van der Waals surface area contributed by atoms with Gasteiger partial charge in [0.05, 0.1) is 0 Å². The Morgan fingerprint density at radius 1 is 1.67 bits per heavy atom. The van der Waals surface area contributed by atoms with Crippen LogP contribution in [0.1, 0.15) is 19.8 Å². The molecule has 15 heavy (non-hydrogen) atoms. The van der Waals surface area contributed by atoms with Crippen molar-refractivity contribution in [2.45, 2.75) is 19.8 Å². The van der Waals surface area contributed by atoms with E-state index in [1.165, 1.54) is 0 Å². The van der Waals surface area contributed by atoms with Crippen LogP contribution in [-0.2, 0) is 4.79 Å². The molecular formula is C11H22N2OS. The number of hydrogen-bond donors (Lipinski definition) is 2. The summed E-state index contributed by atoms with van der Waals surface area (Å²) in [5.41, 5.74) is 0. The Morgan fingerprint density at radius 2 is 2.47 bits per heavy atom. The number of carbonyl (C=O) groups excluding carboxylic acids is 1. The molecule has 1 aliphatic rings. The van der Waals surface area contributed by atoms with Crippen LogP contribution in [0.5, 0.6) is 0 Å². The molecule has 88 valence electrons. The molecule has 4 heteroatoms. The second-order valence-corrected chi connectivity index (χ2v) is 5.34. The maximum atomic E-state index is 11.6. The number of rotatable bonds is 6. The van der Waals surface area contributed by atoms with Crippen LogP contribution in [0.4, 0.5) is 0 Å². The quantitative estimate of drug-likeness (QED) is 0.718. The Morgan fingerprint density at radius 3 is 3.07 bits per heavy atom. The van der Waals surface area contributed by atoms with Gasteiger partial charge in [-0.2, -0.15) is 11.8 Å². The van der Waals surface area contributed by atoms with Crippen LogP contribution in [0.2, 0.25) is 0 Å². The van der Waals surface area contributed by atoms with Crippen LogP contribution >= 0.6 is 11.8 Å². The molecule has 3 nitrogen and oxygen atoms in total. The van der Waals surface area contributed by atoms with Crippen molar-refractivity contribution < 1.29 is 4.79 Å². The van der Waals surface area contributed by atoms with E-state index in [0.717, 1.165) is 31.8 Å². The minimum atomic E-state index is 0.219. The summed E-state index contributed by atoms with van der Waals surface area (Å²) in [5.74, 6) is 2.47. The van der Waals surface area contributed by atoms with Crippen molar-refractivity contribution in [2.75, 3.05) is 31.6 Å². The SMILES string of the molecule is CSCC(C)CNC(=O)CC1CCNC1. The number of hydrogen-bond acceptors (Lipinski definition) is 3. The summed E-state index contributed by atoms with van der Waals surface area (Å²) in [4.78, 5) is 11.6. The molecule has 0 radical (unpaired) electrons. The van der Waals surface area contributed by atoms with Gasteiger partial charge in [-0.15, -0.1) is 0 Å². The first-order valence-corrected chi connectivity index (χ1v) is 7.08. The smallest absolute Gasteiger partial charge is 0.220 e. The molecule has 1 rings (SSSR count). The molecule has 0 aromatic rings. The summed E-state index contributed by atoms with van der Waals surface area (Å²) >= 11 is 1.83. The summed E-state index contributed by atoms with van der Waals surface area (Å²) in [5, 5.41) is 6.29. The molecule has 1 fully saturated rings. The Kier molecular flexibility index (Phi) is 6.10. The lowest BCUT2D eigenvalue weighted by Crippen LogP contribution is -2.30. The highest BCUT2D eigenvalue weighted by molar-refractivity contribution is 7.98. The normalized spacial score (nSPS) is 22.7. The molecule has 1 heterocycles. The highest BCUT2D eigenvalue weighted by Gasteiger charge is 2.17. The molecule has 1 saturated heterocycles. The van der Waals surface area contributed by atoms with Gasteiger partial charge in [0.2, 0.25) is 5.91 Å². The molecule has 0 bridgehead atoms. The van der Waals surface area contributed by atoms with Gasteiger partial charge in [0.15, 0.2) is 0 Å². The van der Waals surface area contributed by atoms with Crippen molar-refractivity contribution in [3.05, 3.63) is 0 Å². The van der Waals surface area contributed by atoms with Gasteiger partial charge in [-0.3, -0.25) is 4.79 Å². The number of amides is 1. The molecular weight excluding hydrogens is 208 g/mol. The highest BCUT2D eigenvalue weighted by Crippen LogP contribution is 2.11. The molecule has 1 aliphatic heterocycles. The first-order valence-electron chi connectivity index (χ1n) is 5.68. The number of carbonyl (C=O) groups is 1. The maximum Gasteiger partial charge on any atom is 0.220 e. The summed E-state index contributed by atoms with van der Waals surface area (Å²) in [6.07, 6.45) is 3.94. The Hall–Kier alpha value is -0.220. The van der Waals surface area contributed by atoms with E-state index in [-0.39, 0.29) is 5.91 Å². The Labute approximate surface area is 96.8 Å². The summed E-state index contributed by atoms with van der Waals surface area (Å²) in [7, 11) is 0. The van der Waals surface area contributed by atoms with E-state index < -0.39 is 0 Å². The number of thioether (sulfide) groups is 1. The van der Waals surface area contributed by atoms with Crippen molar-refractivity contribution in [2.24, 2.45) is 11.8 Å². The fourth-order valence-electron chi connectivity index (χ4n) is 1.85. The summed E-state index contributed by atoms with van der Waals surface area (Å²) in [6.45, 7) is 5.07. The molecule has 0 spiro atoms. The molecule has 2 N–H and O–H groups in total. The van der Waals surface area contributed by atoms with Gasteiger partial charge in [-0.1, -0.05) is 6.92 Å². The molecule has 0 aromatic heterocycles. The van der Waals surface area contributed by atoms with Gasteiger partial charge >= 0.3 is 0 Å². The zero-order valence-electron chi connectivity index (χ0n) is 9.71. The Balaban J connectivity index is 2.07. The molecule has 1 amide bonds. The predicted molar refractivity (Wildman–Crippen MR) is 66.1 cm³/mol. The largest absolute Gasteiger partial charge is 0.356 e. The van der Waals surface area contributed by atoms with Crippen LogP contribution in [-0.4, -0.2) is 37.6 Å². The lowest BCUT2D eigenvalue weighted by atomic mass is 10.0. The van der Waals surface area contributed by atoms with Gasteiger partial charge in [0.1, 0.15) is 0 Å². The van der Waals surface area contributed by atoms with Gasteiger partial charge < -0.3 is 10.6 Å². The van der Waals surface area contributed by atoms with Gasteiger partial charge in [-0.25, -0.2) is 0 Å². The first-order chi connectivity index (χ1) is 7.22. The van der Waals surface area contributed by atoms with Crippen molar-refractivity contribution >= 4 is 17.7 Å². The third-order valence-electron chi connectivity index (χ3n) is 2.74. The first kappa shape index (κ1) is 12.8. The fraction of sp³-hybridized carbons (Fsp3) is 0.909.